The molecule has 0 fully saturated rings. The molecule has 7 aromatic heterocycles. The van der Waals surface area contributed by atoms with Gasteiger partial charge in [0.1, 0.15) is 5.82 Å². The molecule has 26 heteroatoms. The molecule has 410 valence electrons. The summed E-state index contributed by atoms with van der Waals surface area (Å²) in [5.74, 6) is 0.113. The van der Waals surface area contributed by atoms with E-state index in [1.54, 1.807) is 66.5 Å². The molecule has 81 heavy (non-hydrogen) atoms. The summed E-state index contributed by atoms with van der Waals surface area (Å²) >= 11 is 23.5. The fraction of sp³-hybridized carbons (Fsp3) is 0.182. The molecule has 10 aromatic rings. The number of nitrogens with two attached hydrogens (primary N) is 1. The summed E-state index contributed by atoms with van der Waals surface area (Å²) in [6.45, 7) is 9.41. The largest absolute Gasteiger partial charge is 1.00 e. The summed E-state index contributed by atoms with van der Waals surface area (Å²) in [5, 5.41) is 30.8. The average molecular weight is 1230 g/mol. The van der Waals surface area contributed by atoms with Crippen LogP contribution in [0.3, 0.4) is 0 Å². The van der Waals surface area contributed by atoms with Crippen molar-refractivity contribution < 1.29 is 143 Å². The van der Waals surface area contributed by atoms with Gasteiger partial charge >= 0.3 is 115 Å². The van der Waals surface area contributed by atoms with Crippen molar-refractivity contribution in [2.75, 3.05) is 18.9 Å². The third-order valence-corrected chi connectivity index (χ3v) is 12.0. The van der Waals surface area contributed by atoms with Crippen molar-refractivity contribution in [2.24, 2.45) is 0 Å². The Kier molecular flexibility index (Phi) is 29.5. The van der Waals surface area contributed by atoms with Gasteiger partial charge in [-0.25, -0.2) is 14.6 Å². The number of nitrogens with zero attached hydrogens (tertiary/aromatic N) is 9. The second-order valence-corrected chi connectivity index (χ2v) is 18.3. The van der Waals surface area contributed by atoms with Gasteiger partial charge in [0.25, 0.3) is 12.4 Å². The molecular formula is C55H52Cl4K2N12O8. The van der Waals surface area contributed by atoms with Crippen LogP contribution in [0.4, 0.5) is 5.82 Å². The SMILES string of the molecule is CCOC(=O)c1cn[nH]c1.CCOC(=O)c1cnn(Cc2ccc3ncc(Cl)cc3c2)c1.Cc1cc(N)nc(C)c1CNC(=O)c1cnn(Cc2ccc3ncc(Cl)cc3c2)c1.ClCc1ccc2ncc(Cl)cc2c1.O=CO[O-].[H-].[K+].[K+]. The first-order valence-electron chi connectivity index (χ1n) is 23.9. The molecule has 0 spiro atoms. The molecular weight excluding hydrogens is 1180 g/mol. The van der Waals surface area contributed by atoms with E-state index in [-0.39, 0.29) is 129 Å². The van der Waals surface area contributed by atoms with Crippen molar-refractivity contribution in [3.8, 4) is 0 Å². The van der Waals surface area contributed by atoms with E-state index in [4.69, 9.17) is 66.9 Å². The maximum Gasteiger partial charge on any atom is 1.00 e. The number of halogens is 4. The van der Waals surface area contributed by atoms with Gasteiger partial charge in [0.2, 0.25) is 0 Å². The molecule has 0 aliphatic carbocycles. The van der Waals surface area contributed by atoms with Crippen molar-refractivity contribution in [3.63, 3.8) is 0 Å². The Hall–Kier alpha value is -5.26. The van der Waals surface area contributed by atoms with Gasteiger partial charge in [-0.1, -0.05) is 53.0 Å². The second kappa shape index (κ2) is 35.0. The summed E-state index contributed by atoms with van der Waals surface area (Å²) in [6, 6.07) is 25.3. The van der Waals surface area contributed by atoms with Crippen LogP contribution in [-0.2, 0) is 44.7 Å². The molecule has 3 aromatic carbocycles. The molecule has 0 radical (unpaired) electrons. The quantitative estimate of drug-likeness (QED) is 0.0371. The summed E-state index contributed by atoms with van der Waals surface area (Å²) < 4.78 is 13.1. The number of nitrogens with one attached hydrogen (secondary N) is 2. The fourth-order valence-electron chi connectivity index (χ4n) is 7.46. The molecule has 20 nitrogen and oxygen atoms in total. The van der Waals surface area contributed by atoms with Gasteiger partial charge in [0.15, 0.2) is 0 Å². The van der Waals surface area contributed by atoms with Crippen LogP contribution in [0.2, 0.25) is 15.1 Å². The number of carbonyl (C=O) groups is 4. The number of benzene rings is 3. The molecule has 0 saturated carbocycles. The zero-order chi connectivity index (χ0) is 56.8. The van der Waals surface area contributed by atoms with Gasteiger partial charge in [-0.3, -0.25) is 39.0 Å². The van der Waals surface area contributed by atoms with Crippen molar-refractivity contribution in [1.82, 2.24) is 55.0 Å². The zero-order valence-corrected chi connectivity index (χ0v) is 54.2. The smallest absolute Gasteiger partial charge is 1.00 e. The maximum atomic E-state index is 12.6. The number of alkyl halides is 1. The topological polar surface area (TPSA) is 273 Å². The molecule has 1 amide bonds. The minimum Gasteiger partial charge on any atom is -1.00 e. The molecule has 0 saturated heterocycles. The third kappa shape index (κ3) is 21.5. The molecule has 0 bridgehead atoms. The first-order valence-corrected chi connectivity index (χ1v) is 25.6. The number of H-pyrrole nitrogens is 1. The summed E-state index contributed by atoms with van der Waals surface area (Å²) in [4.78, 5) is 63.3. The van der Waals surface area contributed by atoms with Crippen molar-refractivity contribution in [1.29, 1.82) is 0 Å². The Balaban J connectivity index is 0.000000297. The monoisotopic (exact) mass is 1230 g/mol. The number of rotatable bonds is 13. The number of pyridine rings is 4. The predicted octanol–water partition coefficient (Wildman–Crippen LogP) is 3.74. The van der Waals surface area contributed by atoms with Crippen LogP contribution >= 0.6 is 46.4 Å². The van der Waals surface area contributed by atoms with Gasteiger partial charge in [0.05, 0.1) is 93.2 Å². The Morgan fingerprint density at radius 1 is 0.679 bits per heavy atom. The van der Waals surface area contributed by atoms with Crippen LogP contribution in [0, 0.1) is 13.8 Å². The zero-order valence-electron chi connectivity index (χ0n) is 45.9. The van der Waals surface area contributed by atoms with E-state index in [0.717, 1.165) is 66.2 Å². The van der Waals surface area contributed by atoms with Crippen molar-refractivity contribution in [2.45, 2.75) is 53.2 Å². The molecule has 0 unspecified atom stereocenters. The number of hydrogen-bond donors (Lipinski definition) is 3. The minimum atomic E-state index is -0.358. The third-order valence-electron chi connectivity index (χ3n) is 11.1. The average Bonchev–Trinajstić information content (AvgIpc) is 4.34. The fourth-order valence-corrected chi connectivity index (χ4v) is 8.12. The number of aromatic nitrogens is 10. The molecule has 4 N–H and O–H groups in total. The van der Waals surface area contributed by atoms with Gasteiger partial charge in [-0.15, -0.1) is 11.6 Å². The Morgan fingerprint density at radius 3 is 1.58 bits per heavy atom. The Labute approximate surface area is 572 Å². The van der Waals surface area contributed by atoms with Gasteiger partial charge in [-0.2, -0.15) is 15.3 Å². The van der Waals surface area contributed by atoms with E-state index in [2.05, 4.69) is 55.3 Å². The number of aryl methyl sites for hydroxylation is 2. The van der Waals surface area contributed by atoms with Gasteiger partial charge in [0, 0.05) is 71.5 Å². The number of carbonyl (C=O) groups excluding carboxylic acids is 4. The minimum absolute atomic E-state index is 0. The van der Waals surface area contributed by atoms with Crippen LogP contribution in [0.5, 0.6) is 0 Å². The first kappa shape index (κ1) is 68.2. The standard InChI is InChI=1S/C22H21ClN6O.C16H14ClN3O2.C10H7Cl2N.C6H8N2O2.CH2O3.2K.H/c1-13-5-21(24)28-14(2)19(13)10-26-22(30)17-8-27-29(12-17)11-15-3-4-20-16(6-15)7-18(23)9-25-20;1-2-22-16(21)13-7-19-20(10-13)9-11-3-4-15-12(5-11)6-14(17)8-18-15;11-5-7-1-2-10-8(3-7)4-9(12)6-13-10;1-2-10-6(9)5-3-7-8-4-5;2-1-4-3;;;/h3-9,12H,10-11H2,1-2H3,(H2,24,28)(H,26,30);3-8,10H,2,9H2,1H3;1-4,6H,5H2;3-4H,2H2,1H3,(H,7,8);1,3H;;;/q;;;;;2*+1;-1/p-1. The summed E-state index contributed by atoms with van der Waals surface area (Å²) in [6.07, 6.45) is 14.3. The molecule has 10 rings (SSSR count). The molecule has 7 heterocycles. The van der Waals surface area contributed by atoms with E-state index in [1.165, 1.54) is 18.6 Å². The van der Waals surface area contributed by atoms with Crippen LogP contribution in [0.15, 0.2) is 135 Å². The van der Waals surface area contributed by atoms with Crippen molar-refractivity contribution >= 4 is 109 Å². The summed E-state index contributed by atoms with van der Waals surface area (Å²) in [7, 11) is 0. The molecule has 0 atom stereocenters. The molecule has 0 aliphatic rings. The van der Waals surface area contributed by atoms with E-state index >= 15 is 0 Å². The van der Waals surface area contributed by atoms with Crippen LogP contribution < -0.4 is 119 Å². The number of hydrogen-bond acceptors (Lipinski definition) is 16. The van der Waals surface area contributed by atoms with Crippen LogP contribution in [0.1, 0.15) is 79.9 Å². The number of fused-ring (bicyclic) bond motifs is 3. The van der Waals surface area contributed by atoms with Gasteiger partial charge in [-0.05, 0) is 116 Å². The van der Waals surface area contributed by atoms with Crippen molar-refractivity contribution in [3.05, 3.63) is 200 Å². The number of amides is 1. The molecule has 0 aliphatic heterocycles. The Morgan fingerprint density at radius 2 is 1.14 bits per heavy atom. The number of aromatic amines is 1. The number of esters is 2. The Bertz CT molecular complexity index is 3670. The van der Waals surface area contributed by atoms with E-state index in [9.17, 15) is 14.4 Å². The normalized spacial score (nSPS) is 10.1. The number of anilines is 1. The second-order valence-electron chi connectivity index (χ2n) is 16.8. The van der Waals surface area contributed by atoms with Crippen LogP contribution in [0.25, 0.3) is 32.7 Å². The number of nitrogen functional groups attached to an aromatic ring is 1. The maximum absolute atomic E-state index is 12.6. The van der Waals surface area contributed by atoms with E-state index in [1.807, 2.05) is 86.6 Å². The van der Waals surface area contributed by atoms with E-state index < -0.39 is 0 Å². The number of ether oxygens (including phenoxy) is 2. The van der Waals surface area contributed by atoms with Crippen LogP contribution in [-0.4, -0.2) is 87.2 Å². The summed E-state index contributed by atoms with van der Waals surface area (Å²) in [5.41, 5.74) is 15.8. The van der Waals surface area contributed by atoms with Gasteiger partial charge < -0.3 is 32.1 Å². The first-order chi connectivity index (χ1) is 38.1. The predicted molar refractivity (Wildman–Crippen MR) is 301 cm³/mol. The van der Waals surface area contributed by atoms with E-state index in [0.29, 0.717) is 76.3 Å².